The van der Waals surface area contributed by atoms with Gasteiger partial charge in [0.2, 0.25) is 0 Å². The van der Waals surface area contributed by atoms with E-state index in [2.05, 4.69) is 134 Å². The van der Waals surface area contributed by atoms with Gasteiger partial charge in [-0.3, -0.25) is 0 Å². The van der Waals surface area contributed by atoms with E-state index in [9.17, 15) is 17.3 Å². The van der Waals surface area contributed by atoms with Crippen LogP contribution in [0.1, 0.15) is 0 Å². The zero-order valence-electron chi connectivity index (χ0n) is 19.0. The van der Waals surface area contributed by atoms with Crippen molar-refractivity contribution >= 4 is 44.3 Å². The standard InChI is InChI=1S/C26H22P2.CH3.BF4.Ni/c1-5-13-23(14-6-1)27(24-15-7-2-8-16-24)21-22-28(25-17-9-3-10-18-25)26-19-11-4-12-20-26;;2-1(3,4)5;/h1-22H;1H3;;/q-2;2*-1;+3. The van der Waals surface area contributed by atoms with Gasteiger partial charge in [-0.1, -0.05) is 143 Å². The molecule has 0 N–H and O–H groups in total. The summed E-state index contributed by atoms with van der Waals surface area (Å²) in [4.78, 5) is 0. The van der Waals surface area contributed by atoms with Crippen LogP contribution in [0.2, 0.25) is 0 Å². The molecule has 0 heterocycles. The molecule has 35 heavy (non-hydrogen) atoms. The van der Waals surface area contributed by atoms with Gasteiger partial charge in [0, 0.05) is 0 Å². The van der Waals surface area contributed by atoms with Crippen LogP contribution in [0.4, 0.5) is 17.3 Å². The van der Waals surface area contributed by atoms with E-state index >= 15 is 0 Å². The summed E-state index contributed by atoms with van der Waals surface area (Å²) in [6.07, 6.45) is 4.90. The van der Waals surface area contributed by atoms with Crippen LogP contribution >= 0.6 is 15.8 Å². The van der Waals surface area contributed by atoms with Crippen molar-refractivity contribution in [3.8, 4) is 0 Å². The van der Waals surface area contributed by atoms with Gasteiger partial charge in [0.05, 0.1) is 0 Å². The Balaban J connectivity index is 0.000000798. The molecule has 0 nitrogen and oxygen atoms in total. The van der Waals surface area contributed by atoms with Gasteiger partial charge < -0.3 is 37.0 Å². The van der Waals surface area contributed by atoms with Crippen molar-refractivity contribution < 1.29 is 33.8 Å². The quantitative estimate of drug-likeness (QED) is 0.0968. The number of benzene rings is 4. The molecule has 8 heteroatoms. The summed E-state index contributed by atoms with van der Waals surface area (Å²) in [6, 6.07) is 43.4. The molecule has 0 spiro atoms. The maximum absolute atomic E-state index is 9.75. The van der Waals surface area contributed by atoms with Crippen molar-refractivity contribution in [2.45, 2.75) is 0 Å². The van der Waals surface area contributed by atoms with E-state index in [0.29, 0.717) is 0 Å². The molecule has 0 aliphatic carbocycles. The summed E-state index contributed by atoms with van der Waals surface area (Å²) in [5, 5.41) is 5.54. The van der Waals surface area contributed by atoms with Crippen molar-refractivity contribution in [2.24, 2.45) is 0 Å². The molecule has 0 aromatic heterocycles. The first-order chi connectivity index (χ1) is 15.9. The largest absolute Gasteiger partial charge is 3.00 e. The van der Waals surface area contributed by atoms with Crippen LogP contribution in [0.3, 0.4) is 0 Å². The molecule has 0 aliphatic heterocycles. The van der Waals surface area contributed by atoms with Crippen LogP contribution in [0, 0.1) is 19.8 Å². The molecule has 0 fully saturated rings. The minimum Gasteiger partial charge on any atom is -0.454 e. The zero-order chi connectivity index (χ0) is 23.5. The fourth-order valence-corrected chi connectivity index (χ4v) is 7.45. The Labute approximate surface area is 218 Å². The van der Waals surface area contributed by atoms with Crippen LogP contribution in [-0.2, 0) is 16.5 Å². The van der Waals surface area contributed by atoms with Gasteiger partial charge in [0.1, 0.15) is 0 Å². The number of halogens is 4. The molecule has 1 radical (unpaired) electrons. The molecule has 185 valence electrons. The minimum absolute atomic E-state index is 0. The van der Waals surface area contributed by atoms with E-state index in [-0.39, 0.29) is 23.9 Å². The van der Waals surface area contributed by atoms with Crippen molar-refractivity contribution in [2.75, 3.05) is 0 Å². The summed E-state index contributed by atoms with van der Waals surface area (Å²) < 4.78 is 39.0. The van der Waals surface area contributed by atoms with Gasteiger partial charge in [0.25, 0.3) is 0 Å². The van der Waals surface area contributed by atoms with E-state index < -0.39 is 23.1 Å². The summed E-state index contributed by atoms with van der Waals surface area (Å²) in [6.45, 7) is 0. The fourth-order valence-electron chi connectivity index (χ4n) is 3.13. The van der Waals surface area contributed by atoms with Crippen molar-refractivity contribution in [3.63, 3.8) is 0 Å². The van der Waals surface area contributed by atoms with Crippen molar-refractivity contribution in [3.05, 3.63) is 141 Å². The Morgan fingerprint density at radius 1 is 0.429 bits per heavy atom. The summed E-state index contributed by atoms with van der Waals surface area (Å²) in [7, 11) is -7.06. The molecular weight excluding hydrogens is 532 g/mol. The molecule has 0 saturated carbocycles. The van der Waals surface area contributed by atoms with E-state index in [1.165, 1.54) is 21.2 Å². The maximum atomic E-state index is 9.75. The Morgan fingerprint density at radius 2 is 0.600 bits per heavy atom. The van der Waals surface area contributed by atoms with E-state index in [0.717, 1.165) is 0 Å². The average molecular weight is 557 g/mol. The van der Waals surface area contributed by atoms with Gasteiger partial charge in [-0.2, -0.15) is 0 Å². The molecule has 0 unspecified atom stereocenters. The predicted octanol–water partition coefficient (Wildman–Crippen LogP) is 7.32. The van der Waals surface area contributed by atoms with Crippen molar-refractivity contribution in [1.29, 1.82) is 0 Å². The number of hydrogen-bond acceptors (Lipinski definition) is 0. The fraction of sp³-hybridized carbons (Fsp3) is 0. The first-order valence-electron chi connectivity index (χ1n) is 10.3. The number of rotatable bonds is 7. The van der Waals surface area contributed by atoms with Gasteiger partial charge >= 0.3 is 23.7 Å². The Bertz CT molecular complexity index is 902. The molecule has 0 atom stereocenters. The molecule has 4 aromatic carbocycles. The predicted molar refractivity (Wildman–Crippen MR) is 143 cm³/mol. The molecule has 0 amide bonds. The van der Waals surface area contributed by atoms with Crippen LogP contribution < -0.4 is 21.2 Å². The molecular formula is C27H25BF4NiP2-. The van der Waals surface area contributed by atoms with E-state index in [1.54, 1.807) is 0 Å². The third kappa shape index (κ3) is 11.1. The molecule has 4 aromatic rings. The van der Waals surface area contributed by atoms with Crippen LogP contribution in [0.15, 0.2) is 121 Å². The van der Waals surface area contributed by atoms with Crippen LogP contribution in [0.5, 0.6) is 0 Å². The molecule has 0 bridgehead atoms. The zero-order valence-corrected chi connectivity index (χ0v) is 21.8. The Kier molecular flexibility index (Phi) is 14.1. The van der Waals surface area contributed by atoms with Gasteiger partial charge in [-0.05, 0) is 0 Å². The van der Waals surface area contributed by atoms with E-state index in [1.807, 2.05) is 0 Å². The van der Waals surface area contributed by atoms with Crippen molar-refractivity contribution in [1.82, 2.24) is 0 Å². The van der Waals surface area contributed by atoms with Crippen LogP contribution in [0.25, 0.3) is 0 Å². The third-order valence-corrected chi connectivity index (χ3v) is 9.05. The third-order valence-electron chi connectivity index (χ3n) is 4.50. The van der Waals surface area contributed by atoms with E-state index in [4.69, 9.17) is 0 Å². The topological polar surface area (TPSA) is 0 Å². The second-order valence-electron chi connectivity index (χ2n) is 6.88. The minimum atomic E-state index is -6.00. The SMILES string of the molecule is F[B-](F)(F)F.[CH3-].[Ni+3].c1ccc(P([CH-][CH-]P(c2ccccc2)c2ccccc2)c2ccccc2)cc1. The molecule has 0 saturated heterocycles. The normalized spacial score (nSPS) is 10.6. The summed E-state index contributed by atoms with van der Waals surface area (Å²) in [5.41, 5.74) is 0. The van der Waals surface area contributed by atoms with Gasteiger partial charge in [-0.25, -0.2) is 15.8 Å². The first kappa shape index (κ1) is 31.0. The second kappa shape index (κ2) is 15.9. The average Bonchev–Trinajstić information content (AvgIpc) is 2.83. The van der Waals surface area contributed by atoms with Crippen LogP contribution in [-0.4, -0.2) is 7.25 Å². The Hall–Kier alpha value is -1.98. The summed E-state index contributed by atoms with van der Waals surface area (Å²) >= 11 is 0. The van der Waals surface area contributed by atoms with Gasteiger partial charge in [0.15, 0.2) is 0 Å². The monoisotopic (exact) mass is 556 g/mol. The van der Waals surface area contributed by atoms with Gasteiger partial charge in [-0.15, -0.1) is 0 Å². The maximum Gasteiger partial charge on any atom is 3.00 e. The molecule has 4 rings (SSSR count). The molecule has 0 aliphatic rings. The Morgan fingerprint density at radius 3 is 0.771 bits per heavy atom. The second-order valence-corrected chi connectivity index (χ2v) is 11.0. The summed E-state index contributed by atoms with van der Waals surface area (Å²) in [5.74, 6) is 0. The number of hydrogen-bond donors (Lipinski definition) is 0. The smallest absolute Gasteiger partial charge is 0.454 e. The first-order valence-corrected chi connectivity index (χ1v) is 13.1.